The number of carbonyl (C=O) groups excluding carboxylic acids is 1. The van der Waals surface area contributed by atoms with Crippen LogP contribution in [0.15, 0.2) is 54.7 Å². The average Bonchev–Trinajstić information content (AvgIpc) is 3.07. The summed E-state index contributed by atoms with van der Waals surface area (Å²) in [5.41, 5.74) is 1.69. The lowest BCUT2D eigenvalue weighted by Crippen LogP contribution is -2.25. The van der Waals surface area contributed by atoms with E-state index in [0.29, 0.717) is 23.6 Å². The van der Waals surface area contributed by atoms with Crippen molar-refractivity contribution in [1.29, 1.82) is 0 Å². The quantitative estimate of drug-likeness (QED) is 0.671. The molecule has 0 atom stereocenters. The van der Waals surface area contributed by atoms with Gasteiger partial charge in [0.1, 0.15) is 11.5 Å². The zero-order valence-electron chi connectivity index (χ0n) is 14.5. The van der Waals surface area contributed by atoms with Gasteiger partial charge in [-0.3, -0.25) is 4.79 Å². The Morgan fingerprint density at radius 2 is 1.92 bits per heavy atom. The number of rotatable bonds is 7. The Hall–Kier alpha value is -2.95. The van der Waals surface area contributed by atoms with Crippen molar-refractivity contribution < 1.29 is 14.3 Å². The predicted molar refractivity (Wildman–Crippen MR) is 98.4 cm³/mol. The van der Waals surface area contributed by atoms with Crippen LogP contribution >= 0.6 is 0 Å². The fourth-order valence-electron chi connectivity index (χ4n) is 2.87. The zero-order chi connectivity index (χ0) is 17.6. The molecular formula is C20H22N2O3. The summed E-state index contributed by atoms with van der Waals surface area (Å²) in [6, 6.07) is 15.6. The van der Waals surface area contributed by atoms with Crippen molar-refractivity contribution in [3.05, 3.63) is 60.3 Å². The molecule has 1 heterocycles. The molecule has 0 bridgehead atoms. The average molecular weight is 338 g/mol. The molecule has 0 fully saturated rings. The summed E-state index contributed by atoms with van der Waals surface area (Å²) in [6.45, 7) is 1.44. The minimum atomic E-state index is -0.159. The van der Waals surface area contributed by atoms with Gasteiger partial charge in [0.2, 0.25) is 0 Å². The lowest BCUT2D eigenvalue weighted by atomic mass is 10.1. The van der Waals surface area contributed by atoms with Gasteiger partial charge >= 0.3 is 0 Å². The van der Waals surface area contributed by atoms with Crippen LogP contribution in [0.2, 0.25) is 0 Å². The van der Waals surface area contributed by atoms with E-state index in [1.807, 2.05) is 12.1 Å². The van der Waals surface area contributed by atoms with Crippen LogP contribution in [0.1, 0.15) is 16.8 Å². The number of nitrogens with zero attached hydrogens (tertiary/aromatic N) is 1. The Balaban J connectivity index is 1.58. The maximum Gasteiger partial charge on any atom is 0.255 e. The molecule has 0 aliphatic carbocycles. The fraction of sp³-hybridized carbons (Fsp3) is 0.250. The highest BCUT2D eigenvalue weighted by atomic mass is 16.5. The first-order valence-electron chi connectivity index (χ1n) is 8.27. The van der Waals surface area contributed by atoms with E-state index in [4.69, 9.17) is 9.47 Å². The number of ether oxygens (including phenoxy) is 2. The van der Waals surface area contributed by atoms with E-state index in [1.54, 1.807) is 32.4 Å². The first-order valence-corrected chi connectivity index (χ1v) is 8.27. The van der Waals surface area contributed by atoms with E-state index in [1.165, 1.54) is 10.9 Å². The maximum atomic E-state index is 12.4. The lowest BCUT2D eigenvalue weighted by Gasteiger charge is -2.11. The molecule has 1 aromatic heterocycles. The number of aryl methyl sites for hydroxylation is 1. The fourth-order valence-corrected chi connectivity index (χ4v) is 2.87. The second kappa shape index (κ2) is 7.75. The molecule has 3 rings (SSSR count). The van der Waals surface area contributed by atoms with Crippen LogP contribution in [0.25, 0.3) is 10.9 Å². The Bertz CT molecular complexity index is 870. The third kappa shape index (κ3) is 3.76. The van der Waals surface area contributed by atoms with Crippen molar-refractivity contribution in [2.75, 3.05) is 20.8 Å². The summed E-state index contributed by atoms with van der Waals surface area (Å²) < 4.78 is 12.6. The summed E-state index contributed by atoms with van der Waals surface area (Å²) in [4.78, 5) is 12.4. The summed E-state index contributed by atoms with van der Waals surface area (Å²) in [5.74, 6) is 1.01. The topological polar surface area (TPSA) is 52.5 Å². The van der Waals surface area contributed by atoms with E-state index >= 15 is 0 Å². The summed E-state index contributed by atoms with van der Waals surface area (Å²) in [5, 5.41) is 4.18. The van der Waals surface area contributed by atoms with Crippen molar-refractivity contribution in [1.82, 2.24) is 9.88 Å². The number of benzene rings is 2. The van der Waals surface area contributed by atoms with Gasteiger partial charge < -0.3 is 19.4 Å². The number of carbonyl (C=O) groups is 1. The first-order chi connectivity index (χ1) is 12.2. The smallest absolute Gasteiger partial charge is 0.255 e. The number of para-hydroxylation sites is 1. The summed E-state index contributed by atoms with van der Waals surface area (Å²) in [6.07, 6.45) is 2.92. The SMILES string of the molecule is COc1ccc(OC)c(C(=O)NCCCn2ccc3ccccc32)c1. The summed E-state index contributed by atoms with van der Waals surface area (Å²) in [7, 11) is 3.13. The van der Waals surface area contributed by atoms with Gasteiger partial charge in [0.15, 0.2) is 0 Å². The Kier molecular flexibility index (Phi) is 5.23. The monoisotopic (exact) mass is 338 g/mol. The molecule has 5 heteroatoms. The van der Waals surface area contributed by atoms with Crippen LogP contribution in [0.5, 0.6) is 11.5 Å². The number of aromatic nitrogens is 1. The molecule has 0 unspecified atom stereocenters. The van der Waals surface area contributed by atoms with E-state index in [2.05, 4.69) is 34.3 Å². The van der Waals surface area contributed by atoms with Crippen molar-refractivity contribution in [2.24, 2.45) is 0 Å². The van der Waals surface area contributed by atoms with Gasteiger partial charge in [-0.25, -0.2) is 0 Å². The number of hydrogen-bond acceptors (Lipinski definition) is 3. The van der Waals surface area contributed by atoms with E-state index in [0.717, 1.165) is 13.0 Å². The largest absolute Gasteiger partial charge is 0.497 e. The van der Waals surface area contributed by atoms with Gasteiger partial charge in [-0.05, 0) is 42.1 Å². The van der Waals surface area contributed by atoms with Crippen LogP contribution in [0, 0.1) is 0 Å². The molecular weight excluding hydrogens is 316 g/mol. The minimum Gasteiger partial charge on any atom is -0.497 e. The molecule has 1 N–H and O–H groups in total. The zero-order valence-corrected chi connectivity index (χ0v) is 14.5. The van der Waals surface area contributed by atoms with Gasteiger partial charge in [-0.15, -0.1) is 0 Å². The Labute approximate surface area is 147 Å². The van der Waals surface area contributed by atoms with Gasteiger partial charge in [0.05, 0.1) is 19.8 Å². The van der Waals surface area contributed by atoms with Crippen LogP contribution < -0.4 is 14.8 Å². The van der Waals surface area contributed by atoms with E-state index < -0.39 is 0 Å². The second-order valence-corrected chi connectivity index (χ2v) is 5.74. The molecule has 3 aromatic rings. The molecule has 1 amide bonds. The molecule has 0 radical (unpaired) electrons. The van der Waals surface area contributed by atoms with Crippen molar-refractivity contribution in [3.63, 3.8) is 0 Å². The molecule has 0 spiro atoms. The molecule has 5 nitrogen and oxygen atoms in total. The predicted octanol–water partition coefficient (Wildman–Crippen LogP) is 3.48. The molecule has 130 valence electrons. The van der Waals surface area contributed by atoms with Crippen molar-refractivity contribution in [2.45, 2.75) is 13.0 Å². The third-order valence-electron chi connectivity index (χ3n) is 4.19. The van der Waals surface area contributed by atoms with Gasteiger partial charge in [0, 0.05) is 24.8 Å². The molecule has 2 aromatic carbocycles. The van der Waals surface area contributed by atoms with Gasteiger partial charge in [-0.1, -0.05) is 18.2 Å². The normalized spacial score (nSPS) is 10.6. The number of methoxy groups -OCH3 is 2. The number of nitrogens with one attached hydrogen (secondary N) is 1. The van der Waals surface area contributed by atoms with Crippen molar-refractivity contribution in [3.8, 4) is 11.5 Å². The van der Waals surface area contributed by atoms with Gasteiger partial charge in [-0.2, -0.15) is 0 Å². The molecule has 0 aliphatic heterocycles. The minimum absolute atomic E-state index is 0.159. The van der Waals surface area contributed by atoms with Crippen LogP contribution in [-0.4, -0.2) is 31.2 Å². The second-order valence-electron chi connectivity index (χ2n) is 5.74. The Morgan fingerprint density at radius 1 is 1.08 bits per heavy atom. The van der Waals surface area contributed by atoms with E-state index in [9.17, 15) is 4.79 Å². The molecule has 0 aliphatic rings. The third-order valence-corrected chi connectivity index (χ3v) is 4.19. The molecule has 25 heavy (non-hydrogen) atoms. The van der Waals surface area contributed by atoms with Crippen molar-refractivity contribution >= 4 is 16.8 Å². The standard InChI is InChI=1S/C20H22N2O3/c1-24-16-8-9-19(25-2)17(14-16)20(23)21-11-5-12-22-13-10-15-6-3-4-7-18(15)22/h3-4,6-10,13-14H,5,11-12H2,1-2H3,(H,21,23). The van der Waals surface area contributed by atoms with Crippen LogP contribution in [0.4, 0.5) is 0 Å². The van der Waals surface area contributed by atoms with Gasteiger partial charge in [0.25, 0.3) is 5.91 Å². The number of amides is 1. The van der Waals surface area contributed by atoms with Crippen LogP contribution in [0.3, 0.4) is 0 Å². The highest BCUT2D eigenvalue weighted by molar-refractivity contribution is 5.97. The first kappa shape index (κ1) is 16.9. The molecule has 0 saturated carbocycles. The molecule has 0 saturated heterocycles. The maximum absolute atomic E-state index is 12.4. The van der Waals surface area contributed by atoms with Crippen LogP contribution in [-0.2, 0) is 6.54 Å². The Morgan fingerprint density at radius 3 is 2.72 bits per heavy atom. The lowest BCUT2D eigenvalue weighted by molar-refractivity contribution is 0.0949. The number of hydrogen-bond donors (Lipinski definition) is 1. The summed E-state index contributed by atoms with van der Waals surface area (Å²) >= 11 is 0. The highest BCUT2D eigenvalue weighted by Crippen LogP contribution is 2.23. The number of fused-ring (bicyclic) bond motifs is 1. The van der Waals surface area contributed by atoms with E-state index in [-0.39, 0.29) is 5.91 Å². The highest BCUT2D eigenvalue weighted by Gasteiger charge is 2.13.